The van der Waals surface area contributed by atoms with Crippen molar-refractivity contribution in [1.82, 2.24) is 20.9 Å². The van der Waals surface area contributed by atoms with Crippen LogP contribution in [0.25, 0.3) is 0 Å². The van der Waals surface area contributed by atoms with Gasteiger partial charge in [0.2, 0.25) is 5.91 Å². The molecule has 0 aliphatic carbocycles. The normalized spacial score (nSPS) is 13.2. The summed E-state index contributed by atoms with van der Waals surface area (Å²) >= 11 is 0. The van der Waals surface area contributed by atoms with Gasteiger partial charge in [-0.15, -0.1) is 24.0 Å². The largest absolute Gasteiger partial charge is 0.444 e. The summed E-state index contributed by atoms with van der Waals surface area (Å²) in [6.45, 7) is 17.3. The van der Waals surface area contributed by atoms with Crippen LogP contribution in [0.5, 0.6) is 0 Å². The SMILES string of the molecule is CCNC(=NCC(C)(C)C(=O)NC)N(C)CCC(NC(=O)OC(C)(C)C)C(C)C.I. The topological polar surface area (TPSA) is 95.1 Å². The van der Waals surface area contributed by atoms with Gasteiger partial charge in [-0.25, -0.2) is 4.79 Å². The quantitative estimate of drug-likeness (QED) is 0.237. The number of halogens is 1. The molecule has 0 fully saturated rings. The molecule has 3 N–H and O–H groups in total. The number of alkyl carbamates (subject to hydrolysis) is 1. The molecule has 2 amide bonds. The highest BCUT2D eigenvalue weighted by atomic mass is 127. The number of nitrogens with one attached hydrogen (secondary N) is 3. The maximum absolute atomic E-state index is 12.1. The Morgan fingerprint density at radius 3 is 2.13 bits per heavy atom. The lowest BCUT2D eigenvalue weighted by Crippen LogP contribution is -2.46. The summed E-state index contributed by atoms with van der Waals surface area (Å²) in [4.78, 5) is 30.8. The molecule has 0 aromatic rings. The molecule has 0 rings (SSSR count). The fourth-order valence-electron chi connectivity index (χ4n) is 2.62. The average molecular weight is 542 g/mol. The second-order valence-corrected chi connectivity index (χ2v) is 9.34. The van der Waals surface area contributed by atoms with Crippen molar-refractivity contribution >= 4 is 41.9 Å². The van der Waals surface area contributed by atoms with Crippen LogP contribution in [0.2, 0.25) is 0 Å². The van der Waals surface area contributed by atoms with Crippen LogP contribution in [0.3, 0.4) is 0 Å². The molecule has 1 atom stereocenters. The van der Waals surface area contributed by atoms with Crippen LogP contribution in [0.1, 0.15) is 61.8 Å². The van der Waals surface area contributed by atoms with Gasteiger partial charge in [0.15, 0.2) is 5.96 Å². The zero-order chi connectivity index (χ0) is 22.8. The molecule has 9 heteroatoms. The van der Waals surface area contributed by atoms with Gasteiger partial charge in [-0.3, -0.25) is 9.79 Å². The highest BCUT2D eigenvalue weighted by Crippen LogP contribution is 2.16. The number of carbonyl (C=O) groups excluding carboxylic acids is 2. The van der Waals surface area contributed by atoms with Gasteiger partial charge in [0.05, 0.1) is 12.0 Å². The molecule has 178 valence electrons. The third-order valence-electron chi connectivity index (χ3n) is 4.44. The molecule has 0 saturated carbocycles. The van der Waals surface area contributed by atoms with Crippen molar-refractivity contribution in [1.29, 1.82) is 0 Å². The molecule has 0 spiro atoms. The highest BCUT2D eigenvalue weighted by molar-refractivity contribution is 14.0. The van der Waals surface area contributed by atoms with E-state index in [4.69, 9.17) is 4.74 Å². The zero-order valence-corrected chi connectivity index (χ0v) is 22.8. The van der Waals surface area contributed by atoms with Crippen molar-refractivity contribution < 1.29 is 14.3 Å². The fraction of sp³-hybridized carbons (Fsp3) is 0.857. The number of hydrogen-bond donors (Lipinski definition) is 3. The predicted octanol–water partition coefficient (Wildman–Crippen LogP) is 3.21. The summed E-state index contributed by atoms with van der Waals surface area (Å²) in [6, 6.07) is -0.0162. The molecule has 0 aliphatic rings. The van der Waals surface area contributed by atoms with E-state index in [1.54, 1.807) is 7.05 Å². The van der Waals surface area contributed by atoms with Crippen LogP contribution >= 0.6 is 24.0 Å². The van der Waals surface area contributed by atoms with Gasteiger partial charge in [-0.05, 0) is 53.9 Å². The molecule has 0 aliphatic heterocycles. The molecule has 0 bridgehead atoms. The Morgan fingerprint density at radius 1 is 1.13 bits per heavy atom. The minimum atomic E-state index is -0.588. The second-order valence-electron chi connectivity index (χ2n) is 9.34. The van der Waals surface area contributed by atoms with Crippen LogP contribution < -0.4 is 16.0 Å². The van der Waals surface area contributed by atoms with E-state index in [1.165, 1.54) is 0 Å². The first-order chi connectivity index (χ1) is 13.2. The Bertz CT molecular complexity index is 559. The van der Waals surface area contributed by atoms with Crippen LogP contribution in [0, 0.1) is 11.3 Å². The number of ether oxygens (including phenoxy) is 1. The van der Waals surface area contributed by atoms with Crippen molar-refractivity contribution in [3.63, 3.8) is 0 Å². The van der Waals surface area contributed by atoms with E-state index in [9.17, 15) is 9.59 Å². The number of hydrogen-bond acceptors (Lipinski definition) is 4. The Labute approximate surface area is 200 Å². The number of carbonyl (C=O) groups is 2. The zero-order valence-electron chi connectivity index (χ0n) is 20.5. The number of guanidine groups is 1. The summed E-state index contributed by atoms with van der Waals surface area (Å²) in [6.07, 6.45) is 0.350. The Hall–Kier alpha value is -1.26. The average Bonchev–Trinajstić information content (AvgIpc) is 2.59. The van der Waals surface area contributed by atoms with Gasteiger partial charge in [-0.2, -0.15) is 0 Å². The minimum absolute atomic E-state index is 0. The smallest absolute Gasteiger partial charge is 0.407 e. The first-order valence-corrected chi connectivity index (χ1v) is 10.4. The van der Waals surface area contributed by atoms with Crippen molar-refractivity contribution in [2.24, 2.45) is 16.3 Å². The van der Waals surface area contributed by atoms with Crippen molar-refractivity contribution in [2.45, 2.75) is 73.5 Å². The van der Waals surface area contributed by atoms with E-state index in [-0.39, 0.29) is 41.8 Å². The maximum Gasteiger partial charge on any atom is 0.407 e. The minimum Gasteiger partial charge on any atom is -0.444 e. The molecule has 0 aromatic carbocycles. The lowest BCUT2D eigenvalue weighted by Gasteiger charge is -2.29. The molecule has 8 nitrogen and oxygen atoms in total. The van der Waals surface area contributed by atoms with E-state index in [1.807, 2.05) is 53.5 Å². The second kappa shape index (κ2) is 13.9. The van der Waals surface area contributed by atoms with Crippen molar-refractivity contribution in [2.75, 3.05) is 33.7 Å². The first-order valence-electron chi connectivity index (χ1n) is 10.4. The standard InChI is InChI=1S/C21H43N5O3.HI/c1-11-23-18(24-14-21(7,8)17(27)22-9)26(10)13-12-16(15(2)3)25-19(28)29-20(4,5)6;/h15-16H,11-14H2,1-10H3,(H,22,27)(H,23,24)(H,25,28);1H. The Morgan fingerprint density at radius 2 is 1.70 bits per heavy atom. The van der Waals surface area contributed by atoms with Gasteiger partial charge < -0.3 is 25.6 Å². The van der Waals surface area contributed by atoms with Gasteiger partial charge in [0.25, 0.3) is 0 Å². The number of aliphatic imine (C=N–C) groups is 1. The molecular weight excluding hydrogens is 497 g/mol. The van der Waals surface area contributed by atoms with Crippen LogP contribution in [0.15, 0.2) is 4.99 Å². The van der Waals surface area contributed by atoms with E-state index in [0.717, 1.165) is 18.9 Å². The summed E-state index contributed by atoms with van der Waals surface area (Å²) in [5, 5.41) is 8.93. The monoisotopic (exact) mass is 541 g/mol. The maximum atomic E-state index is 12.1. The summed E-state index contributed by atoms with van der Waals surface area (Å²) in [5.74, 6) is 0.966. The summed E-state index contributed by atoms with van der Waals surface area (Å²) < 4.78 is 5.38. The van der Waals surface area contributed by atoms with Crippen LogP contribution in [0.4, 0.5) is 4.79 Å². The van der Waals surface area contributed by atoms with E-state index < -0.39 is 17.1 Å². The van der Waals surface area contributed by atoms with Crippen molar-refractivity contribution in [3.8, 4) is 0 Å². The predicted molar refractivity (Wildman–Crippen MR) is 134 cm³/mol. The molecule has 30 heavy (non-hydrogen) atoms. The third kappa shape index (κ3) is 12.4. The lowest BCUT2D eigenvalue weighted by molar-refractivity contribution is -0.128. The van der Waals surface area contributed by atoms with Crippen LogP contribution in [-0.4, -0.2) is 68.2 Å². The molecule has 0 aromatic heterocycles. The molecular formula is C21H44IN5O3. The Kier molecular flexibility index (Phi) is 14.4. The van der Waals surface area contributed by atoms with E-state index in [2.05, 4.69) is 34.8 Å². The van der Waals surface area contributed by atoms with E-state index in [0.29, 0.717) is 13.1 Å². The number of rotatable bonds is 9. The van der Waals surface area contributed by atoms with Gasteiger partial charge in [0.1, 0.15) is 5.60 Å². The third-order valence-corrected chi connectivity index (χ3v) is 4.44. The fourth-order valence-corrected chi connectivity index (χ4v) is 2.62. The summed E-state index contributed by atoms with van der Waals surface area (Å²) in [7, 11) is 3.59. The first kappa shape index (κ1) is 30.9. The number of nitrogens with zero attached hydrogens (tertiary/aromatic N) is 2. The van der Waals surface area contributed by atoms with Gasteiger partial charge in [-0.1, -0.05) is 13.8 Å². The Balaban J connectivity index is 0. The molecule has 1 unspecified atom stereocenters. The summed E-state index contributed by atoms with van der Waals surface area (Å²) in [5.41, 5.74) is -1.11. The highest BCUT2D eigenvalue weighted by Gasteiger charge is 2.27. The lowest BCUT2D eigenvalue weighted by atomic mass is 9.93. The van der Waals surface area contributed by atoms with Crippen LogP contribution in [-0.2, 0) is 9.53 Å². The molecule has 0 heterocycles. The van der Waals surface area contributed by atoms with Crippen molar-refractivity contribution in [3.05, 3.63) is 0 Å². The van der Waals surface area contributed by atoms with Gasteiger partial charge >= 0.3 is 6.09 Å². The number of amides is 2. The van der Waals surface area contributed by atoms with Gasteiger partial charge in [0, 0.05) is 33.2 Å². The molecule has 0 saturated heterocycles. The van der Waals surface area contributed by atoms with E-state index >= 15 is 0 Å². The molecule has 0 radical (unpaired) electrons.